The molecule has 1 aromatic heterocycles. The van der Waals surface area contributed by atoms with Crippen LogP contribution in [0.3, 0.4) is 0 Å². The van der Waals surface area contributed by atoms with Crippen LogP contribution in [-0.2, 0) is 11.2 Å². The monoisotopic (exact) mass is 290 g/mol. The van der Waals surface area contributed by atoms with E-state index in [1.165, 1.54) is 15.6 Å². The van der Waals surface area contributed by atoms with E-state index < -0.39 is 0 Å². The Balaban J connectivity index is 2.00. The van der Waals surface area contributed by atoms with Crippen LogP contribution in [0, 0.1) is 0 Å². The lowest BCUT2D eigenvalue weighted by Crippen LogP contribution is -2.31. The van der Waals surface area contributed by atoms with Gasteiger partial charge in [0.05, 0.1) is 3.79 Å². The molecule has 0 aliphatic heterocycles. The number of carbonyl (C=O) groups excluding carboxylic acids is 1. The molecule has 0 aromatic carbocycles. The summed E-state index contributed by atoms with van der Waals surface area (Å²) in [4.78, 5) is 11.9. The third kappa shape index (κ3) is 5.92. The Bertz CT molecular complexity index is 314. The van der Waals surface area contributed by atoms with Crippen molar-refractivity contribution in [1.29, 1.82) is 0 Å². The predicted octanol–water partition coefficient (Wildman–Crippen LogP) is 1.78. The number of carbonyl (C=O) groups is 1. The molecule has 0 spiro atoms. The van der Waals surface area contributed by atoms with Crippen LogP contribution in [0.15, 0.2) is 15.9 Å². The second kappa shape index (κ2) is 6.98. The van der Waals surface area contributed by atoms with Crippen LogP contribution in [0.5, 0.6) is 0 Å². The van der Waals surface area contributed by atoms with Crippen LogP contribution in [0.25, 0.3) is 0 Å². The Kier molecular flexibility index (Phi) is 5.90. The number of rotatable bonds is 6. The summed E-state index contributed by atoms with van der Waals surface area (Å²) in [5.41, 5.74) is 0. The van der Waals surface area contributed by atoms with Crippen molar-refractivity contribution < 1.29 is 4.79 Å². The highest BCUT2D eigenvalue weighted by Gasteiger charge is 1.97. The van der Waals surface area contributed by atoms with Crippen LogP contribution in [0.1, 0.15) is 11.8 Å². The van der Waals surface area contributed by atoms with E-state index in [9.17, 15) is 4.79 Å². The van der Waals surface area contributed by atoms with Gasteiger partial charge in [-0.3, -0.25) is 4.79 Å². The summed E-state index contributed by atoms with van der Waals surface area (Å²) < 4.78 is 1.18. The van der Waals surface area contributed by atoms with Crippen LogP contribution in [0.4, 0.5) is 0 Å². The molecule has 84 valence electrons. The lowest BCUT2D eigenvalue weighted by atomic mass is 10.3. The molecule has 1 rings (SSSR count). The summed E-state index contributed by atoms with van der Waals surface area (Å²) in [5.74, 6) is 0.0268. The molecule has 0 saturated carbocycles. The molecule has 0 fully saturated rings. The van der Waals surface area contributed by atoms with Gasteiger partial charge in [-0.2, -0.15) is 0 Å². The Morgan fingerprint density at radius 2 is 2.20 bits per heavy atom. The minimum Gasteiger partial charge on any atom is -0.355 e. The number of nitrogens with one attached hydrogen (secondary N) is 2. The van der Waals surface area contributed by atoms with Crippen LogP contribution in [-0.4, -0.2) is 25.5 Å². The van der Waals surface area contributed by atoms with Crippen molar-refractivity contribution in [3.8, 4) is 0 Å². The maximum Gasteiger partial charge on any atom is 0.216 e. The average Bonchev–Trinajstić information content (AvgIpc) is 2.57. The molecule has 0 aliphatic rings. The summed E-state index contributed by atoms with van der Waals surface area (Å²) in [7, 11) is 0. The zero-order chi connectivity index (χ0) is 11.1. The fourth-order valence-corrected chi connectivity index (χ4v) is 2.63. The summed E-state index contributed by atoms with van der Waals surface area (Å²) >= 11 is 5.20. The SMILES string of the molecule is CC(=O)NCCNCCc1ccc(Br)s1. The molecule has 3 nitrogen and oxygen atoms in total. The van der Waals surface area contributed by atoms with Crippen molar-refractivity contribution in [1.82, 2.24) is 10.6 Å². The average molecular weight is 291 g/mol. The number of thiophene rings is 1. The van der Waals surface area contributed by atoms with Gasteiger partial charge in [-0.05, 0) is 34.5 Å². The minimum absolute atomic E-state index is 0.0268. The third-order valence-corrected chi connectivity index (χ3v) is 3.54. The molecule has 1 heterocycles. The molecular formula is C10H15BrN2OS. The van der Waals surface area contributed by atoms with Gasteiger partial charge in [-0.1, -0.05) is 0 Å². The highest BCUT2D eigenvalue weighted by Crippen LogP contribution is 2.21. The summed E-state index contributed by atoms with van der Waals surface area (Å²) in [6.07, 6.45) is 1.04. The van der Waals surface area contributed by atoms with Gasteiger partial charge in [-0.15, -0.1) is 11.3 Å². The Morgan fingerprint density at radius 3 is 2.80 bits per heavy atom. The molecule has 5 heteroatoms. The molecule has 2 N–H and O–H groups in total. The Labute approximate surface area is 102 Å². The Hall–Kier alpha value is -0.390. The van der Waals surface area contributed by atoms with Crippen molar-refractivity contribution >= 4 is 33.2 Å². The first-order chi connectivity index (χ1) is 7.18. The van der Waals surface area contributed by atoms with E-state index in [-0.39, 0.29) is 5.91 Å². The van der Waals surface area contributed by atoms with Crippen molar-refractivity contribution in [2.24, 2.45) is 0 Å². The maximum absolute atomic E-state index is 10.6. The van der Waals surface area contributed by atoms with Gasteiger partial charge < -0.3 is 10.6 Å². The van der Waals surface area contributed by atoms with Gasteiger partial charge in [0.1, 0.15) is 0 Å². The summed E-state index contributed by atoms with van der Waals surface area (Å²) in [5, 5.41) is 6.02. The van der Waals surface area contributed by atoms with Crippen LogP contribution in [0.2, 0.25) is 0 Å². The second-order valence-corrected chi connectivity index (χ2v) is 5.74. The van der Waals surface area contributed by atoms with Gasteiger partial charge in [0.15, 0.2) is 0 Å². The third-order valence-electron chi connectivity index (χ3n) is 1.85. The van der Waals surface area contributed by atoms with Gasteiger partial charge >= 0.3 is 0 Å². The molecule has 0 aliphatic carbocycles. The zero-order valence-corrected chi connectivity index (χ0v) is 11.1. The summed E-state index contributed by atoms with van der Waals surface area (Å²) in [6.45, 7) is 4.01. The van der Waals surface area contributed by atoms with E-state index in [0.29, 0.717) is 6.54 Å². The van der Waals surface area contributed by atoms with Crippen molar-refractivity contribution in [3.05, 3.63) is 20.8 Å². The molecule has 15 heavy (non-hydrogen) atoms. The molecule has 1 amide bonds. The predicted molar refractivity (Wildman–Crippen MR) is 67.3 cm³/mol. The number of hydrogen-bond acceptors (Lipinski definition) is 3. The van der Waals surface area contributed by atoms with Gasteiger partial charge in [0, 0.05) is 31.4 Å². The molecule has 0 radical (unpaired) electrons. The first-order valence-electron chi connectivity index (χ1n) is 4.88. The van der Waals surface area contributed by atoms with E-state index in [1.807, 2.05) is 0 Å². The lowest BCUT2D eigenvalue weighted by Gasteiger charge is -2.03. The van der Waals surface area contributed by atoms with Crippen molar-refractivity contribution in [2.45, 2.75) is 13.3 Å². The molecule has 0 atom stereocenters. The van der Waals surface area contributed by atoms with E-state index >= 15 is 0 Å². The zero-order valence-electron chi connectivity index (χ0n) is 8.68. The first-order valence-corrected chi connectivity index (χ1v) is 6.49. The standard InChI is InChI=1S/C10H15BrN2OS/c1-8(14)13-7-6-12-5-4-9-2-3-10(11)15-9/h2-3,12H,4-7H2,1H3,(H,13,14). The first kappa shape index (κ1) is 12.7. The quantitative estimate of drug-likeness (QED) is 0.784. The van der Waals surface area contributed by atoms with Crippen LogP contribution < -0.4 is 10.6 Å². The lowest BCUT2D eigenvalue weighted by molar-refractivity contribution is -0.118. The summed E-state index contributed by atoms with van der Waals surface area (Å²) in [6, 6.07) is 4.20. The molecular weight excluding hydrogens is 276 g/mol. The van der Waals surface area contributed by atoms with Crippen molar-refractivity contribution in [3.63, 3.8) is 0 Å². The number of amides is 1. The number of halogens is 1. The highest BCUT2D eigenvalue weighted by atomic mass is 79.9. The van der Waals surface area contributed by atoms with Gasteiger partial charge in [-0.25, -0.2) is 0 Å². The topological polar surface area (TPSA) is 41.1 Å². The fourth-order valence-electron chi connectivity index (χ4n) is 1.15. The Morgan fingerprint density at radius 1 is 1.40 bits per heavy atom. The normalized spacial score (nSPS) is 10.3. The van der Waals surface area contributed by atoms with Crippen LogP contribution >= 0.6 is 27.3 Å². The van der Waals surface area contributed by atoms with E-state index in [1.54, 1.807) is 11.3 Å². The molecule has 0 unspecified atom stereocenters. The number of hydrogen-bond donors (Lipinski definition) is 2. The van der Waals surface area contributed by atoms with Crippen molar-refractivity contribution in [2.75, 3.05) is 19.6 Å². The van der Waals surface area contributed by atoms with E-state index in [2.05, 4.69) is 38.7 Å². The largest absolute Gasteiger partial charge is 0.355 e. The van der Waals surface area contributed by atoms with Gasteiger partial charge in [0.25, 0.3) is 0 Å². The minimum atomic E-state index is 0.0268. The molecule has 1 aromatic rings. The molecule has 0 saturated heterocycles. The van der Waals surface area contributed by atoms with E-state index in [0.717, 1.165) is 19.5 Å². The van der Waals surface area contributed by atoms with E-state index in [4.69, 9.17) is 0 Å². The van der Waals surface area contributed by atoms with Gasteiger partial charge in [0.2, 0.25) is 5.91 Å². The highest BCUT2D eigenvalue weighted by molar-refractivity contribution is 9.11. The second-order valence-electron chi connectivity index (χ2n) is 3.19. The smallest absolute Gasteiger partial charge is 0.216 e. The molecule has 0 bridgehead atoms. The maximum atomic E-state index is 10.6. The fraction of sp³-hybridized carbons (Fsp3) is 0.500.